The molecule has 2 heterocycles. The Morgan fingerprint density at radius 2 is 2.28 bits per heavy atom. The summed E-state index contributed by atoms with van der Waals surface area (Å²) in [6.07, 6.45) is 3.05. The lowest BCUT2D eigenvalue weighted by Gasteiger charge is -2.19. The third-order valence-corrected chi connectivity index (χ3v) is 4.06. The number of halogens is 1. The van der Waals surface area contributed by atoms with Crippen LogP contribution in [-0.2, 0) is 0 Å². The Labute approximate surface area is 105 Å². The molecule has 0 saturated carbocycles. The van der Waals surface area contributed by atoms with Crippen molar-refractivity contribution in [1.82, 2.24) is 5.32 Å². The summed E-state index contributed by atoms with van der Waals surface area (Å²) in [5, 5.41) is 3.43. The average molecular weight is 249 g/mol. The molecule has 96 valence electrons. The van der Waals surface area contributed by atoms with Gasteiger partial charge in [-0.05, 0) is 37.5 Å². The molecular formula is C14H16FNO2. The average Bonchev–Trinajstić information content (AvgIpc) is 3.00. The molecule has 2 saturated heterocycles. The minimum absolute atomic E-state index is 0.00560. The van der Waals surface area contributed by atoms with Gasteiger partial charge in [0.2, 0.25) is 0 Å². The van der Waals surface area contributed by atoms with Crippen molar-refractivity contribution in [3.63, 3.8) is 0 Å². The van der Waals surface area contributed by atoms with E-state index >= 15 is 0 Å². The number of carbonyl (C=O) groups excluding carboxylic acids is 1. The maximum atomic E-state index is 13.3. The van der Waals surface area contributed by atoms with Crippen LogP contribution >= 0.6 is 0 Å². The van der Waals surface area contributed by atoms with Crippen molar-refractivity contribution in [2.75, 3.05) is 7.11 Å². The molecule has 2 fully saturated rings. The molecule has 2 bridgehead atoms. The van der Waals surface area contributed by atoms with Crippen LogP contribution in [0.5, 0.6) is 5.75 Å². The summed E-state index contributed by atoms with van der Waals surface area (Å²) in [4.78, 5) is 12.5. The van der Waals surface area contributed by atoms with E-state index in [1.54, 1.807) is 0 Å². The molecule has 2 aliphatic rings. The zero-order valence-corrected chi connectivity index (χ0v) is 10.3. The van der Waals surface area contributed by atoms with E-state index in [0.717, 1.165) is 19.3 Å². The molecule has 0 amide bonds. The largest absolute Gasteiger partial charge is 0.496 e. The Hall–Kier alpha value is -1.42. The molecule has 3 atom stereocenters. The van der Waals surface area contributed by atoms with Gasteiger partial charge in [-0.25, -0.2) is 4.39 Å². The second-order valence-electron chi connectivity index (χ2n) is 5.10. The molecule has 4 heteroatoms. The summed E-state index contributed by atoms with van der Waals surface area (Å²) >= 11 is 0. The van der Waals surface area contributed by atoms with Crippen LogP contribution < -0.4 is 10.1 Å². The maximum Gasteiger partial charge on any atom is 0.171 e. The summed E-state index contributed by atoms with van der Waals surface area (Å²) in [6, 6.07) is 4.84. The van der Waals surface area contributed by atoms with Crippen LogP contribution in [0.4, 0.5) is 4.39 Å². The van der Waals surface area contributed by atoms with Crippen molar-refractivity contribution in [3.8, 4) is 5.75 Å². The van der Waals surface area contributed by atoms with Crippen molar-refractivity contribution in [2.45, 2.75) is 31.3 Å². The predicted octanol–water partition coefficient (Wildman–Crippen LogP) is 2.16. The van der Waals surface area contributed by atoms with Gasteiger partial charge in [0.15, 0.2) is 5.78 Å². The fourth-order valence-electron chi connectivity index (χ4n) is 3.19. The molecular weight excluding hydrogens is 233 g/mol. The first-order valence-corrected chi connectivity index (χ1v) is 6.33. The second kappa shape index (κ2) is 4.35. The quantitative estimate of drug-likeness (QED) is 0.834. The first-order valence-electron chi connectivity index (χ1n) is 6.33. The Kier molecular flexibility index (Phi) is 2.82. The summed E-state index contributed by atoms with van der Waals surface area (Å²) < 4.78 is 18.4. The maximum absolute atomic E-state index is 13.3. The summed E-state index contributed by atoms with van der Waals surface area (Å²) in [7, 11) is 1.50. The van der Waals surface area contributed by atoms with E-state index < -0.39 is 5.82 Å². The molecule has 0 aliphatic carbocycles. The fourth-order valence-corrected chi connectivity index (χ4v) is 3.19. The fraction of sp³-hybridized carbons (Fsp3) is 0.500. The van der Waals surface area contributed by atoms with Gasteiger partial charge in [-0.15, -0.1) is 0 Å². The lowest BCUT2D eigenvalue weighted by Crippen LogP contribution is -2.29. The molecule has 0 radical (unpaired) electrons. The van der Waals surface area contributed by atoms with Gasteiger partial charge in [-0.1, -0.05) is 0 Å². The van der Waals surface area contributed by atoms with E-state index in [4.69, 9.17) is 4.74 Å². The molecule has 0 aromatic heterocycles. The van der Waals surface area contributed by atoms with Gasteiger partial charge in [0, 0.05) is 18.0 Å². The molecule has 1 aromatic carbocycles. The Morgan fingerprint density at radius 3 is 2.89 bits per heavy atom. The highest BCUT2D eigenvalue weighted by molar-refractivity contribution is 6.01. The van der Waals surface area contributed by atoms with Crippen molar-refractivity contribution in [3.05, 3.63) is 29.6 Å². The highest BCUT2D eigenvalue weighted by Gasteiger charge is 2.43. The van der Waals surface area contributed by atoms with E-state index in [-0.39, 0.29) is 17.7 Å². The highest BCUT2D eigenvalue weighted by atomic mass is 19.1. The molecule has 3 nitrogen and oxygen atoms in total. The van der Waals surface area contributed by atoms with Crippen LogP contribution in [0.15, 0.2) is 18.2 Å². The normalized spacial score (nSPS) is 29.6. The Balaban J connectivity index is 1.90. The minimum atomic E-state index is -0.393. The number of Topliss-reactive ketones (excluding diaryl/α,β-unsaturated/α-hetero) is 1. The van der Waals surface area contributed by atoms with E-state index in [2.05, 4.69) is 5.32 Å². The smallest absolute Gasteiger partial charge is 0.171 e. The van der Waals surface area contributed by atoms with Crippen LogP contribution in [0.2, 0.25) is 0 Å². The van der Waals surface area contributed by atoms with Gasteiger partial charge in [-0.3, -0.25) is 4.79 Å². The number of hydrogen-bond donors (Lipinski definition) is 1. The van der Waals surface area contributed by atoms with Crippen molar-refractivity contribution in [2.24, 2.45) is 5.92 Å². The third kappa shape index (κ3) is 1.81. The number of rotatable bonds is 3. The summed E-state index contributed by atoms with van der Waals surface area (Å²) in [6.45, 7) is 0. The lowest BCUT2D eigenvalue weighted by atomic mass is 9.83. The number of methoxy groups -OCH3 is 1. The summed E-state index contributed by atoms with van der Waals surface area (Å²) in [5.41, 5.74) is 0.372. The number of hydrogen-bond acceptors (Lipinski definition) is 3. The first kappa shape index (κ1) is 11.7. The van der Waals surface area contributed by atoms with E-state index in [0.29, 0.717) is 17.4 Å². The predicted molar refractivity (Wildman–Crippen MR) is 65.3 cm³/mol. The molecule has 1 aromatic rings. The molecule has 2 aliphatic heterocycles. The SMILES string of the molecule is COc1ccc(F)cc1C(=O)C1CC2CCC1N2. The number of benzene rings is 1. The van der Waals surface area contributed by atoms with Gasteiger partial charge in [0.1, 0.15) is 11.6 Å². The zero-order chi connectivity index (χ0) is 12.7. The molecule has 1 N–H and O–H groups in total. The molecule has 3 rings (SSSR count). The topological polar surface area (TPSA) is 38.3 Å². The molecule has 0 spiro atoms. The van der Waals surface area contributed by atoms with Crippen molar-refractivity contribution in [1.29, 1.82) is 0 Å². The van der Waals surface area contributed by atoms with E-state index in [1.807, 2.05) is 0 Å². The van der Waals surface area contributed by atoms with Crippen molar-refractivity contribution >= 4 is 5.78 Å². The van der Waals surface area contributed by atoms with Crippen LogP contribution in [0.25, 0.3) is 0 Å². The number of carbonyl (C=O) groups is 1. The van der Waals surface area contributed by atoms with E-state index in [1.165, 1.54) is 25.3 Å². The van der Waals surface area contributed by atoms with Gasteiger partial charge < -0.3 is 10.1 Å². The standard InChI is InChI=1S/C14H16FNO2/c1-18-13-5-2-8(15)6-11(13)14(17)10-7-9-3-4-12(10)16-9/h2,5-6,9-10,12,16H,3-4,7H2,1H3. The number of nitrogens with one attached hydrogen (secondary N) is 1. The first-order chi connectivity index (χ1) is 8.69. The minimum Gasteiger partial charge on any atom is -0.496 e. The van der Waals surface area contributed by atoms with E-state index in [9.17, 15) is 9.18 Å². The molecule has 3 unspecified atom stereocenters. The van der Waals surface area contributed by atoms with Gasteiger partial charge in [0.25, 0.3) is 0 Å². The van der Waals surface area contributed by atoms with Crippen LogP contribution in [0.1, 0.15) is 29.6 Å². The Morgan fingerprint density at radius 1 is 1.44 bits per heavy atom. The van der Waals surface area contributed by atoms with Crippen LogP contribution in [0, 0.1) is 11.7 Å². The van der Waals surface area contributed by atoms with Crippen LogP contribution in [0.3, 0.4) is 0 Å². The highest BCUT2D eigenvalue weighted by Crippen LogP contribution is 2.36. The van der Waals surface area contributed by atoms with Gasteiger partial charge in [0.05, 0.1) is 12.7 Å². The summed E-state index contributed by atoms with van der Waals surface area (Å²) in [5.74, 6) is 0.0462. The van der Waals surface area contributed by atoms with Gasteiger partial charge >= 0.3 is 0 Å². The lowest BCUT2D eigenvalue weighted by molar-refractivity contribution is 0.0897. The monoisotopic (exact) mass is 249 g/mol. The number of fused-ring (bicyclic) bond motifs is 2. The van der Waals surface area contributed by atoms with Gasteiger partial charge in [-0.2, -0.15) is 0 Å². The Bertz CT molecular complexity index is 489. The zero-order valence-electron chi connectivity index (χ0n) is 10.3. The third-order valence-electron chi connectivity index (χ3n) is 4.06. The number of ketones is 1. The molecule has 18 heavy (non-hydrogen) atoms. The van der Waals surface area contributed by atoms with Crippen molar-refractivity contribution < 1.29 is 13.9 Å². The second-order valence-corrected chi connectivity index (χ2v) is 5.10. The van der Waals surface area contributed by atoms with Crippen LogP contribution in [-0.4, -0.2) is 25.0 Å². The number of ether oxygens (including phenoxy) is 1.